The molecule has 0 aliphatic carbocycles. The molecule has 0 saturated carbocycles. The van der Waals surface area contributed by atoms with Gasteiger partial charge in [0.15, 0.2) is 0 Å². The van der Waals surface area contributed by atoms with Crippen LogP contribution in [0.25, 0.3) is 0 Å². The Morgan fingerprint density at radius 1 is 1.33 bits per heavy atom. The van der Waals surface area contributed by atoms with Gasteiger partial charge < -0.3 is 5.32 Å². The molecule has 2 nitrogen and oxygen atoms in total. The van der Waals surface area contributed by atoms with Gasteiger partial charge in [0.25, 0.3) is 0 Å². The molecule has 1 aliphatic heterocycles. The van der Waals surface area contributed by atoms with E-state index in [2.05, 4.69) is 72.0 Å². The minimum absolute atomic E-state index is 0.464. The third-order valence-corrected chi connectivity index (χ3v) is 4.94. The predicted molar refractivity (Wildman–Crippen MR) is 94.4 cm³/mol. The first kappa shape index (κ1) is 17.0. The minimum Gasteiger partial charge on any atom is -0.310 e. The SMILES string of the molecule is CC(C)NCc1ccc(CN2CCCC(C)(C)C2)c(Br)c1. The summed E-state index contributed by atoms with van der Waals surface area (Å²) in [5.74, 6) is 0. The Labute approximate surface area is 138 Å². The molecule has 118 valence electrons. The number of hydrogen-bond donors (Lipinski definition) is 1. The summed E-state index contributed by atoms with van der Waals surface area (Å²) in [6, 6.07) is 7.33. The van der Waals surface area contributed by atoms with Gasteiger partial charge in [0.05, 0.1) is 0 Å². The van der Waals surface area contributed by atoms with E-state index in [1.807, 2.05) is 0 Å². The van der Waals surface area contributed by atoms with E-state index in [1.165, 1.54) is 41.5 Å². The third-order valence-electron chi connectivity index (χ3n) is 4.21. The monoisotopic (exact) mass is 352 g/mol. The zero-order valence-electron chi connectivity index (χ0n) is 13.9. The normalized spacial score (nSPS) is 19.1. The lowest BCUT2D eigenvalue weighted by Gasteiger charge is -2.38. The first-order valence-electron chi connectivity index (χ1n) is 8.09. The quantitative estimate of drug-likeness (QED) is 0.834. The molecule has 0 amide bonds. The lowest BCUT2D eigenvalue weighted by Crippen LogP contribution is -2.39. The largest absolute Gasteiger partial charge is 0.310 e. The van der Waals surface area contributed by atoms with E-state index < -0.39 is 0 Å². The molecule has 2 rings (SSSR count). The molecule has 1 aromatic rings. The van der Waals surface area contributed by atoms with Crippen LogP contribution in [0.5, 0.6) is 0 Å². The Morgan fingerprint density at radius 2 is 2.10 bits per heavy atom. The summed E-state index contributed by atoms with van der Waals surface area (Å²) in [6.07, 6.45) is 2.67. The number of rotatable bonds is 5. The van der Waals surface area contributed by atoms with Crippen LogP contribution in [-0.4, -0.2) is 24.0 Å². The van der Waals surface area contributed by atoms with Crippen molar-refractivity contribution in [1.82, 2.24) is 10.2 Å². The van der Waals surface area contributed by atoms with Gasteiger partial charge in [-0.05, 0) is 42.0 Å². The van der Waals surface area contributed by atoms with Crippen molar-refractivity contribution in [2.24, 2.45) is 5.41 Å². The highest BCUT2D eigenvalue weighted by atomic mass is 79.9. The summed E-state index contributed by atoms with van der Waals surface area (Å²) in [4.78, 5) is 2.59. The topological polar surface area (TPSA) is 15.3 Å². The van der Waals surface area contributed by atoms with E-state index in [1.54, 1.807) is 0 Å². The Morgan fingerprint density at radius 3 is 2.71 bits per heavy atom. The van der Waals surface area contributed by atoms with Crippen LogP contribution in [0, 0.1) is 5.41 Å². The summed E-state index contributed by atoms with van der Waals surface area (Å²) in [7, 11) is 0. The predicted octanol–water partition coefficient (Wildman–Crippen LogP) is 4.57. The van der Waals surface area contributed by atoms with Crippen LogP contribution >= 0.6 is 15.9 Å². The highest BCUT2D eigenvalue weighted by Gasteiger charge is 2.26. The molecule has 1 aliphatic rings. The van der Waals surface area contributed by atoms with Crippen molar-refractivity contribution in [3.63, 3.8) is 0 Å². The Bertz CT molecular complexity index is 468. The molecule has 0 spiro atoms. The summed E-state index contributed by atoms with van der Waals surface area (Å²) < 4.78 is 1.24. The van der Waals surface area contributed by atoms with Crippen LogP contribution in [0.3, 0.4) is 0 Å². The van der Waals surface area contributed by atoms with Gasteiger partial charge in [-0.25, -0.2) is 0 Å². The molecule has 1 N–H and O–H groups in total. The summed E-state index contributed by atoms with van der Waals surface area (Å²) in [6.45, 7) is 13.6. The van der Waals surface area contributed by atoms with E-state index in [-0.39, 0.29) is 0 Å². The van der Waals surface area contributed by atoms with Crippen LogP contribution in [0.2, 0.25) is 0 Å². The van der Waals surface area contributed by atoms with Crippen molar-refractivity contribution in [2.45, 2.75) is 59.7 Å². The first-order valence-corrected chi connectivity index (χ1v) is 8.88. The second-order valence-electron chi connectivity index (χ2n) is 7.44. The van der Waals surface area contributed by atoms with Crippen LogP contribution in [0.1, 0.15) is 51.7 Å². The number of halogens is 1. The molecule has 0 radical (unpaired) electrons. The van der Waals surface area contributed by atoms with E-state index in [4.69, 9.17) is 0 Å². The van der Waals surface area contributed by atoms with Crippen molar-refractivity contribution >= 4 is 15.9 Å². The van der Waals surface area contributed by atoms with Gasteiger partial charge in [0.1, 0.15) is 0 Å². The van der Waals surface area contributed by atoms with Gasteiger partial charge >= 0.3 is 0 Å². The van der Waals surface area contributed by atoms with E-state index in [9.17, 15) is 0 Å². The lowest BCUT2D eigenvalue weighted by atomic mass is 9.84. The van der Waals surface area contributed by atoms with Crippen molar-refractivity contribution < 1.29 is 0 Å². The van der Waals surface area contributed by atoms with E-state index in [0.717, 1.165) is 13.1 Å². The van der Waals surface area contributed by atoms with E-state index in [0.29, 0.717) is 11.5 Å². The van der Waals surface area contributed by atoms with Crippen LogP contribution in [-0.2, 0) is 13.1 Å². The maximum absolute atomic E-state index is 3.76. The number of likely N-dealkylation sites (tertiary alicyclic amines) is 1. The molecule has 0 unspecified atom stereocenters. The molecular weight excluding hydrogens is 324 g/mol. The molecule has 0 aromatic heterocycles. The maximum atomic E-state index is 3.76. The third kappa shape index (κ3) is 5.39. The zero-order chi connectivity index (χ0) is 15.5. The highest BCUT2D eigenvalue weighted by molar-refractivity contribution is 9.10. The van der Waals surface area contributed by atoms with Crippen LogP contribution < -0.4 is 5.32 Å². The zero-order valence-corrected chi connectivity index (χ0v) is 15.5. The number of nitrogens with zero attached hydrogens (tertiary/aromatic N) is 1. The number of benzene rings is 1. The first-order chi connectivity index (χ1) is 9.85. The second kappa shape index (κ2) is 7.26. The fraction of sp³-hybridized carbons (Fsp3) is 0.667. The molecule has 1 fully saturated rings. The summed E-state index contributed by atoms with van der Waals surface area (Å²) in [5.41, 5.74) is 3.21. The molecule has 0 atom stereocenters. The standard InChI is InChI=1S/C18H29BrN2/c1-14(2)20-11-15-6-7-16(17(19)10-15)12-21-9-5-8-18(3,4)13-21/h6-7,10,14,20H,5,8-9,11-13H2,1-4H3. The van der Waals surface area contributed by atoms with Gasteiger partial charge in [0, 0.05) is 30.1 Å². The molecule has 21 heavy (non-hydrogen) atoms. The van der Waals surface area contributed by atoms with Gasteiger partial charge in [-0.3, -0.25) is 4.90 Å². The summed E-state index contributed by atoms with van der Waals surface area (Å²) >= 11 is 3.76. The highest BCUT2D eigenvalue weighted by Crippen LogP contribution is 2.30. The average Bonchev–Trinajstić information content (AvgIpc) is 2.38. The number of hydrogen-bond acceptors (Lipinski definition) is 2. The number of nitrogens with one attached hydrogen (secondary N) is 1. The molecule has 0 bridgehead atoms. The van der Waals surface area contributed by atoms with Crippen LogP contribution in [0.15, 0.2) is 22.7 Å². The van der Waals surface area contributed by atoms with Gasteiger partial charge in [-0.2, -0.15) is 0 Å². The smallest absolute Gasteiger partial charge is 0.0245 e. The summed E-state index contributed by atoms with van der Waals surface area (Å²) in [5, 5.41) is 3.47. The van der Waals surface area contributed by atoms with Gasteiger partial charge in [-0.1, -0.05) is 55.8 Å². The molecule has 3 heteroatoms. The fourth-order valence-electron chi connectivity index (χ4n) is 3.07. The Balaban J connectivity index is 1.97. The van der Waals surface area contributed by atoms with Crippen molar-refractivity contribution in [3.8, 4) is 0 Å². The Kier molecular flexibility index (Phi) is 5.87. The second-order valence-corrected chi connectivity index (χ2v) is 8.29. The maximum Gasteiger partial charge on any atom is 0.0245 e. The van der Waals surface area contributed by atoms with Crippen molar-refractivity contribution in [2.75, 3.05) is 13.1 Å². The fourth-order valence-corrected chi connectivity index (χ4v) is 3.62. The molecular formula is C18H29BrN2. The minimum atomic E-state index is 0.464. The Hall–Kier alpha value is -0.380. The van der Waals surface area contributed by atoms with Crippen molar-refractivity contribution in [3.05, 3.63) is 33.8 Å². The van der Waals surface area contributed by atoms with Gasteiger partial charge in [-0.15, -0.1) is 0 Å². The van der Waals surface area contributed by atoms with Crippen LogP contribution in [0.4, 0.5) is 0 Å². The average molecular weight is 353 g/mol. The molecule has 1 saturated heterocycles. The molecule has 1 heterocycles. The van der Waals surface area contributed by atoms with E-state index >= 15 is 0 Å². The molecule has 1 aromatic carbocycles. The van der Waals surface area contributed by atoms with Crippen molar-refractivity contribution in [1.29, 1.82) is 0 Å². The van der Waals surface area contributed by atoms with Gasteiger partial charge in [0.2, 0.25) is 0 Å². The number of piperidine rings is 1. The lowest BCUT2D eigenvalue weighted by molar-refractivity contribution is 0.111.